The Balaban J connectivity index is 2.43. The molecule has 0 aromatic carbocycles. The van der Waals surface area contributed by atoms with Crippen molar-refractivity contribution in [3.63, 3.8) is 0 Å². The molecule has 0 unspecified atom stereocenters. The van der Waals surface area contributed by atoms with Crippen LogP contribution in [-0.4, -0.2) is 33.7 Å². The Hall–Kier alpha value is -1.55. The van der Waals surface area contributed by atoms with Gasteiger partial charge in [0.05, 0.1) is 6.61 Å². The van der Waals surface area contributed by atoms with Gasteiger partial charge in [0, 0.05) is 25.0 Å². The van der Waals surface area contributed by atoms with E-state index >= 15 is 0 Å². The molecule has 0 aliphatic rings. The van der Waals surface area contributed by atoms with Gasteiger partial charge in [-0.3, -0.25) is 4.40 Å². The number of fused-ring (bicyclic) bond motifs is 1. The van der Waals surface area contributed by atoms with Crippen molar-refractivity contribution in [1.29, 1.82) is 0 Å². The van der Waals surface area contributed by atoms with E-state index < -0.39 is 0 Å². The van der Waals surface area contributed by atoms with E-state index in [-0.39, 0.29) is 6.61 Å². The van der Waals surface area contributed by atoms with E-state index in [2.05, 4.69) is 34.2 Å². The summed E-state index contributed by atoms with van der Waals surface area (Å²) in [5.41, 5.74) is 0.946. The molecule has 0 atom stereocenters. The molecule has 0 spiro atoms. The zero-order chi connectivity index (χ0) is 13.0. The first kappa shape index (κ1) is 12.9. The molecule has 18 heavy (non-hydrogen) atoms. The molecule has 0 aliphatic carbocycles. The van der Waals surface area contributed by atoms with Crippen LogP contribution in [0.2, 0.25) is 0 Å². The number of imidazole rings is 1. The van der Waals surface area contributed by atoms with Crippen LogP contribution < -0.4 is 4.90 Å². The van der Waals surface area contributed by atoms with Crippen molar-refractivity contribution < 1.29 is 5.11 Å². The quantitative estimate of drug-likeness (QED) is 0.851. The van der Waals surface area contributed by atoms with Crippen molar-refractivity contribution in [3.05, 3.63) is 30.6 Å². The first-order valence-electron chi connectivity index (χ1n) is 6.61. The SMILES string of the molecule is CCC(CC)N(CCO)c1cccc2nccn12. The average Bonchev–Trinajstić information content (AvgIpc) is 2.87. The maximum Gasteiger partial charge on any atom is 0.138 e. The zero-order valence-corrected chi connectivity index (χ0v) is 11.1. The topological polar surface area (TPSA) is 40.8 Å². The summed E-state index contributed by atoms with van der Waals surface area (Å²) in [6.45, 7) is 5.20. The predicted octanol–water partition coefficient (Wildman–Crippen LogP) is 2.32. The van der Waals surface area contributed by atoms with Gasteiger partial charge < -0.3 is 10.0 Å². The summed E-state index contributed by atoms with van der Waals surface area (Å²) in [6.07, 6.45) is 5.92. The zero-order valence-electron chi connectivity index (χ0n) is 11.1. The molecular weight excluding hydrogens is 226 g/mol. The summed E-state index contributed by atoms with van der Waals surface area (Å²) in [7, 11) is 0. The molecule has 0 amide bonds. The number of pyridine rings is 1. The van der Waals surface area contributed by atoms with E-state index in [0.717, 1.165) is 24.3 Å². The molecule has 1 N–H and O–H groups in total. The van der Waals surface area contributed by atoms with Gasteiger partial charge in [0.1, 0.15) is 11.5 Å². The lowest BCUT2D eigenvalue weighted by Gasteiger charge is -2.32. The molecular formula is C14H21N3O. The Morgan fingerprint density at radius 3 is 2.78 bits per heavy atom. The van der Waals surface area contributed by atoms with E-state index in [1.165, 1.54) is 0 Å². The molecule has 0 aliphatic heterocycles. The number of anilines is 1. The number of aromatic nitrogens is 2. The number of hydrogen-bond acceptors (Lipinski definition) is 3. The van der Waals surface area contributed by atoms with E-state index in [4.69, 9.17) is 0 Å². The second-order valence-electron chi connectivity index (χ2n) is 4.43. The van der Waals surface area contributed by atoms with Crippen LogP contribution in [0.25, 0.3) is 5.65 Å². The summed E-state index contributed by atoms with van der Waals surface area (Å²) >= 11 is 0. The third kappa shape index (κ3) is 2.34. The van der Waals surface area contributed by atoms with E-state index in [1.807, 2.05) is 24.5 Å². The molecule has 0 radical (unpaired) electrons. The highest BCUT2D eigenvalue weighted by atomic mass is 16.3. The normalized spacial score (nSPS) is 11.3. The van der Waals surface area contributed by atoms with Crippen LogP contribution in [-0.2, 0) is 0 Å². The van der Waals surface area contributed by atoms with Crippen molar-refractivity contribution in [2.45, 2.75) is 32.7 Å². The predicted molar refractivity (Wildman–Crippen MR) is 74.0 cm³/mol. The highest BCUT2D eigenvalue weighted by Crippen LogP contribution is 2.21. The number of aliphatic hydroxyl groups is 1. The Labute approximate surface area is 108 Å². The van der Waals surface area contributed by atoms with Crippen molar-refractivity contribution in [3.8, 4) is 0 Å². The maximum atomic E-state index is 9.29. The summed E-state index contributed by atoms with van der Waals surface area (Å²) in [6, 6.07) is 6.55. The Bertz CT molecular complexity index is 490. The monoisotopic (exact) mass is 247 g/mol. The number of rotatable bonds is 6. The number of aliphatic hydroxyl groups excluding tert-OH is 1. The van der Waals surface area contributed by atoms with Gasteiger partial charge in [0.2, 0.25) is 0 Å². The molecule has 2 aromatic rings. The van der Waals surface area contributed by atoms with Gasteiger partial charge in [-0.05, 0) is 25.0 Å². The lowest BCUT2D eigenvalue weighted by atomic mass is 10.1. The van der Waals surface area contributed by atoms with Crippen LogP contribution >= 0.6 is 0 Å². The molecule has 0 fully saturated rings. The molecule has 0 saturated heterocycles. The molecule has 0 bridgehead atoms. The van der Waals surface area contributed by atoms with Crippen LogP contribution in [0.5, 0.6) is 0 Å². The molecule has 2 heterocycles. The van der Waals surface area contributed by atoms with Crippen LogP contribution in [0, 0.1) is 0 Å². The van der Waals surface area contributed by atoms with Gasteiger partial charge in [-0.1, -0.05) is 19.9 Å². The van der Waals surface area contributed by atoms with Crippen molar-refractivity contribution in [2.75, 3.05) is 18.1 Å². The molecule has 4 heteroatoms. The molecule has 2 aromatic heterocycles. The van der Waals surface area contributed by atoms with Gasteiger partial charge >= 0.3 is 0 Å². The highest BCUT2D eigenvalue weighted by molar-refractivity contribution is 5.52. The lowest BCUT2D eigenvalue weighted by molar-refractivity contribution is 0.295. The lowest BCUT2D eigenvalue weighted by Crippen LogP contribution is -2.37. The molecule has 2 rings (SSSR count). The Morgan fingerprint density at radius 1 is 1.33 bits per heavy atom. The standard InChI is InChI=1S/C14H21N3O/c1-3-12(4-2)16(10-11-18)14-7-5-6-13-15-8-9-17(13)14/h5-9,12,18H,3-4,10-11H2,1-2H3. The second-order valence-corrected chi connectivity index (χ2v) is 4.43. The first-order chi connectivity index (χ1) is 8.81. The summed E-state index contributed by atoms with van der Waals surface area (Å²) < 4.78 is 2.08. The third-order valence-corrected chi connectivity index (χ3v) is 3.43. The minimum Gasteiger partial charge on any atom is -0.395 e. The van der Waals surface area contributed by atoms with Crippen molar-refractivity contribution in [2.24, 2.45) is 0 Å². The van der Waals surface area contributed by atoms with Gasteiger partial charge in [-0.15, -0.1) is 0 Å². The highest BCUT2D eigenvalue weighted by Gasteiger charge is 2.17. The first-order valence-corrected chi connectivity index (χ1v) is 6.61. The van der Waals surface area contributed by atoms with Gasteiger partial charge in [0.25, 0.3) is 0 Å². The van der Waals surface area contributed by atoms with Gasteiger partial charge in [-0.25, -0.2) is 4.98 Å². The maximum absolute atomic E-state index is 9.29. The average molecular weight is 247 g/mol. The molecule has 0 saturated carbocycles. The summed E-state index contributed by atoms with van der Waals surface area (Å²) in [5, 5.41) is 9.29. The van der Waals surface area contributed by atoms with Crippen LogP contribution in [0.15, 0.2) is 30.6 Å². The smallest absolute Gasteiger partial charge is 0.138 e. The van der Waals surface area contributed by atoms with Crippen LogP contribution in [0.4, 0.5) is 5.82 Å². The number of hydrogen-bond donors (Lipinski definition) is 1. The second kappa shape index (κ2) is 5.87. The van der Waals surface area contributed by atoms with E-state index in [0.29, 0.717) is 12.6 Å². The summed E-state index contributed by atoms with van der Waals surface area (Å²) in [4.78, 5) is 6.58. The van der Waals surface area contributed by atoms with Crippen LogP contribution in [0.3, 0.4) is 0 Å². The Morgan fingerprint density at radius 2 is 2.11 bits per heavy atom. The van der Waals surface area contributed by atoms with Crippen LogP contribution in [0.1, 0.15) is 26.7 Å². The summed E-state index contributed by atoms with van der Waals surface area (Å²) in [5.74, 6) is 1.10. The third-order valence-electron chi connectivity index (χ3n) is 3.43. The largest absolute Gasteiger partial charge is 0.395 e. The minimum atomic E-state index is 0.168. The van der Waals surface area contributed by atoms with Gasteiger partial charge in [-0.2, -0.15) is 0 Å². The number of nitrogens with zero attached hydrogens (tertiary/aromatic N) is 3. The van der Waals surface area contributed by atoms with E-state index in [9.17, 15) is 5.11 Å². The fourth-order valence-corrected chi connectivity index (χ4v) is 2.49. The minimum absolute atomic E-state index is 0.168. The van der Waals surface area contributed by atoms with Crippen molar-refractivity contribution in [1.82, 2.24) is 9.38 Å². The van der Waals surface area contributed by atoms with Crippen molar-refractivity contribution >= 4 is 11.5 Å². The van der Waals surface area contributed by atoms with E-state index in [1.54, 1.807) is 0 Å². The van der Waals surface area contributed by atoms with Gasteiger partial charge in [0.15, 0.2) is 0 Å². The fraction of sp³-hybridized carbons (Fsp3) is 0.500. The Kier molecular flexibility index (Phi) is 4.20. The fourth-order valence-electron chi connectivity index (χ4n) is 2.49. The molecule has 4 nitrogen and oxygen atoms in total. The molecule has 98 valence electrons.